The summed E-state index contributed by atoms with van der Waals surface area (Å²) >= 11 is 1.80. The van der Waals surface area contributed by atoms with Gasteiger partial charge in [-0.05, 0) is 38.5 Å². The van der Waals surface area contributed by atoms with Gasteiger partial charge in [-0.1, -0.05) is 19.8 Å². The normalized spacial score (nSPS) is 21.7. The molecule has 1 aromatic heterocycles. The number of aromatic nitrogens is 1. The number of hydrogen-bond acceptors (Lipinski definition) is 3. The second kappa shape index (κ2) is 10.5. The van der Waals surface area contributed by atoms with E-state index >= 15 is 0 Å². The molecule has 0 radical (unpaired) electrons. The van der Waals surface area contributed by atoms with Gasteiger partial charge in [0.05, 0.1) is 10.7 Å². The van der Waals surface area contributed by atoms with Crippen molar-refractivity contribution in [3.63, 3.8) is 0 Å². The van der Waals surface area contributed by atoms with Crippen LogP contribution in [0.2, 0.25) is 0 Å². The summed E-state index contributed by atoms with van der Waals surface area (Å²) in [5, 5.41) is 8.09. The van der Waals surface area contributed by atoms with Crippen molar-refractivity contribution in [3.05, 3.63) is 15.6 Å². The van der Waals surface area contributed by atoms with Crippen molar-refractivity contribution in [3.8, 4) is 0 Å². The fourth-order valence-corrected chi connectivity index (χ4v) is 3.86. The Kier molecular flexibility index (Phi) is 9.43. The Balaban J connectivity index is 0.00000264. The zero-order chi connectivity index (χ0) is 15.9. The van der Waals surface area contributed by atoms with Crippen molar-refractivity contribution in [2.24, 2.45) is 16.8 Å². The third-order valence-electron chi connectivity index (χ3n) is 4.62. The van der Waals surface area contributed by atoms with Crippen molar-refractivity contribution in [1.82, 2.24) is 15.6 Å². The first kappa shape index (κ1) is 20.7. The lowest BCUT2D eigenvalue weighted by atomic mass is 9.83. The SMILES string of the molecule is CN=C(NCCc1nc(C)c(C)s1)NCC1CCC(C)CC1.I. The number of aryl methyl sites for hydroxylation is 2. The monoisotopic (exact) mass is 450 g/mol. The van der Waals surface area contributed by atoms with Crippen LogP contribution in [0.25, 0.3) is 0 Å². The summed E-state index contributed by atoms with van der Waals surface area (Å²) in [4.78, 5) is 10.2. The fraction of sp³-hybridized carbons (Fsp3) is 0.765. The molecule has 1 aliphatic carbocycles. The van der Waals surface area contributed by atoms with E-state index in [4.69, 9.17) is 0 Å². The van der Waals surface area contributed by atoms with E-state index in [1.165, 1.54) is 35.6 Å². The molecule has 1 aliphatic rings. The maximum atomic E-state index is 4.58. The highest BCUT2D eigenvalue weighted by molar-refractivity contribution is 14.0. The van der Waals surface area contributed by atoms with Crippen molar-refractivity contribution < 1.29 is 0 Å². The molecule has 2 rings (SSSR count). The van der Waals surface area contributed by atoms with Gasteiger partial charge in [-0.15, -0.1) is 35.3 Å². The quantitative estimate of drug-likeness (QED) is 0.406. The van der Waals surface area contributed by atoms with Crippen LogP contribution in [0.1, 0.15) is 48.2 Å². The molecule has 2 N–H and O–H groups in total. The highest BCUT2D eigenvalue weighted by Gasteiger charge is 2.18. The summed E-state index contributed by atoms with van der Waals surface area (Å²) in [6, 6.07) is 0. The molecule has 6 heteroatoms. The van der Waals surface area contributed by atoms with Crippen molar-refractivity contribution in [2.75, 3.05) is 20.1 Å². The number of hydrogen-bond donors (Lipinski definition) is 2. The maximum Gasteiger partial charge on any atom is 0.190 e. The van der Waals surface area contributed by atoms with E-state index in [1.807, 2.05) is 7.05 Å². The second-order valence-electron chi connectivity index (χ2n) is 6.50. The van der Waals surface area contributed by atoms with Crippen molar-refractivity contribution in [1.29, 1.82) is 0 Å². The Morgan fingerprint density at radius 2 is 1.91 bits per heavy atom. The van der Waals surface area contributed by atoms with Gasteiger partial charge >= 0.3 is 0 Å². The van der Waals surface area contributed by atoms with E-state index in [0.717, 1.165) is 43.0 Å². The number of nitrogens with one attached hydrogen (secondary N) is 2. The van der Waals surface area contributed by atoms with E-state index in [9.17, 15) is 0 Å². The minimum Gasteiger partial charge on any atom is -0.356 e. The van der Waals surface area contributed by atoms with Gasteiger partial charge in [0.2, 0.25) is 0 Å². The number of rotatable bonds is 5. The van der Waals surface area contributed by atoms with Gasteiger partial charge in [-0.25, -0.2) is 4.98 Å². The largest absolute Gasteiger partial charge is 0.356 e. The van der Waals surface area contributed by atoms with Crippen LogP contribution >= 0.6 is 35.3 Å². The van der Waals surface area contributed by atoms with Crippen LogP contribution in [-0.2, 0) is 6.42 Å². The van der Waals surface area contributed by atoms with Gasteiger partial charge in [-0.2, -0.15) is 0 Å². The third-order valence-corrected chi connectivity index (χ3v) is 5.75. The molecule has 1 fully saturated rings. The Morgan fingerprint density at radius 1 is 1.22 bits per heavy atom. The first-order chi connectivity index (χ1) is 10.6. The molecule has 0 amide bonds. The number of aliphatic imine (C=N–C) groups is 1. The maximum absolute atomic E-state index is 4.58. The van der Waals surface area contributed by atoms with Gasteiger partial charge in [0.15, 0.2) is 5.96 Å². The summed E-state index contributed by atoms with van der Waals surface area (Å²) in [5.74, 6) is 2.64. The number of thiazole rings is 1. The average Bonchev–Trinajstić information content (AvgIpc) is 2.83. The molecule has 132 valence electrons. The average molecular weight is 450 g/mol. The molecule has 0 aliphatic heterocycles. The first-order valence-corrected chi connectivity index (χ1v) is 9.27. The lowest BCUT2D eigenvalue weighted by Gasteiger charge is -2.26. The Hall–Kier alpha value is -0.370. The van der Waals surface area contributed by atoms with E-state index in [2.05, 4.69) is 41.4 Å². The third kappa shape index (κ3) is 6.95. The van der Waals surface area contributed by atoms with Crippen LogP contribution in [-0.4, -0.2) is 31.1 Å². The molecule has 0 unspecified atom stereocenters. The molecule has 4 nitrogen and oxygen atoms in total. The summed E-state index contributed by atoms with van der Waals surface area (Å²) in [7, 11) is 1.84. The molecular formula is C17H31IN4S. The fourth-order valence-electron chi connectivity index (χ4n) is 2.93. The smallest absolute Gasteiger partial charge is 0.190 e. The van der Waals surface area contributed by atoms with Gasteiger partial charge in [0.25, 0.3) is 0 Å². The molecule has 0 bridgehead atoms. The highest BCUT2D eigenvalue weighted by atomic mass is 127. The lowest BCUT2D eigenvalue weighted by Crippen LogP contribution is -2.41. The van der Waals surface area contributed by atoms with Gasteiger partial charge in [0.1, 0.15) is 0 Å². The van der Waals surface area contributed by atoms with Gasteiger partial charge in [-0.3, -0.25) is 4.99 Å². The Morgan fingerprint density at radius 3 is 2.48 bits per heavy atom. The van der Waals surface area contributed by atoms with E-state index in [-0.39, 0.29) is 24.0 Å². The molecule has 0 spiro atoms. The molecule has 23 heavy (non-hydrogen) atoms. The van der Waals surface area contributed by atoms with Crippen LogP contribution in [0.3, 0.4) is 0 Å². The summed E-state index contributed by atoms with van der Waals surface area (Å²) in [5.41, 5.74) is 1.16. The standard InChI is InChI=1S/C17H30N4S.HI/c1-12-5-7-15(8-6-12)11-20-17(18-4)19-10-9-16-21-13(2)14(3)22-16;/h12,15H,5-11H2,1-4H3,(H2,18,19,20);1H. The summed E-state index contributed by atoms with van der Waals surface area (Å²) in [6.07, 6.45) is 6.41. The topological polar surface area (TPSA) is 49.3 Å². The predicted octanol–water partition coefficient (Wildman–Crippen LogP) is 3.91. The predicted molar refractivity (Wildman–Crippen MR) is 111 cm³/mol. The van der Waals surface area contributed by atoms with Crippen LogP contribution in [0, 0.1) is 25.7 Å². The van der Waals surface area contributed by atoms with Gasteiger partial charge < -0.3 is 10.6 Å². The molecule has 1 aromatic rings. The van der Waals surface area contributed by atoms with Gasteiger partial charge in [0, 0.05) is 31.4 Å². The first-order valence-electron chi connectivity index (χ1n) is 8.46. The number of guanidine groups is 1. The minimum atomic E-state index is 0. The van der Waals surface area contributed by atoms with Crippen molar-refractivity contribution in [2.45, 2.75) is 52.9 Å². The summed E-state index contributed by atoms with van der Waals surface area (Å²) < 4.78 is 0. The Bertz CT molecular complexity index is 473. The lowest BCUT2D eigenvalue weighted by molar-refractivity contribution is 0.289. The number of nitrogens with zero attached hydrogens (tertiary/aromatic N) is 2. The highest BCUT2D eigenvalue weighted by Crippen LogP contribution is 2.27. The minimum absolute atomic E-state index is 0. The molecule has 0 saturated heterocycles. The number of halogens is 1. The molecule has 1 heterocycles. The Labute approximate surface area is 162 Å². The van der Waals surface area contributed by atoms with Crippen LogP contribution in [0.4, 0.5) is 0 Å². The zero-order valence-electron chi connectivity index (χ0n) is 14.8. The summed E-state index contributed by atoms with van der Waals surface area (Å²) in [6.45, 7) is 8.51. The van der Waals surface area contributed by atoms with Crippen molar-refractivity contribution >= 4 is 41.3 Å². The molecule has 0 aromatic carbocycles. The second-order valence-corrected chi connectivity index (χ2v) is 7.79. The van der Waals surface area contributed by atoms with E-state index in [1.54, 1.807) is 11.3 Å². The van der Waals surface area contributed by atoms with Crippen LogP contribution in [0.15, 0.2) is 4.99 Å². The van der Waals surface area contributed by atoms with Crippen LogP contribution < -0.4 is 10.6 Å². The zero-order valence-corrected chi connectivity index (χ0v) is 18.0. The molecule has 0 atom stereocenters. The molecule has 1 saturated carbocycles. The molecular weight excluding hydrogens is 419 g/mol. The van der Waals surface area contributed by atoms with Crippen LogP contribution in [0.5, 0.6) is 0 Å². The van der Waals surface area contributed by atoms with E-state index < -0.39 is 0 Å². The van der Waals surface area contributed by atoms with E-state index in [0.29, 0.717) is 0 Å².